The Balaban J connectivity index is -0.000000112. The Hall–Kier alpha value is 0. The molecule has 0 aliphatic rings. The summed E-state index contributed by atoms with van der Waals surface area (Å²) in [6.45, 7) is 33.6. The van der Waals surface area contributed by atoms with Gasteiger partial charge in [0.05, 0.1) is 0 Å². The molecule has 0 rings (SSSR count). The third-order valence-electron chi connectivity index (χ3n) is 3.94. The van der Waals surface area contributed by atoms with Gasteiger partial charge in [-0.1, -0.05) is 130 Å². The summed E-state index contributed by atoms with van der Waals surface area (Å²) in [6, 6.07) is 0. The Labute approximate surface area is 158 Å². The summed E-state index contributed by atoms with van der Waals surface area (Å²) in [7, 11) is 0. The molecule has 0 aliphatic carbocycles. The van der Waals surface area contributed by atoms with E-state index in [0.29, 0.717) is 16.2 Å². The van der Waals surface area contributed by atoms with Crippen molar-refractivity contribution in [1.82, 2.24) is 0 Å². The van der Waals surface area contributed by atoms with E-state index in [4.69, 9.17) is 0 Å². The zero-order valence-electron chi connectivity index (χ0n) is 20.6. The van der Waals surface area contributed by atoms with Crippen molar-refractivity contribution < 1.29 is 0 Å². The lowest BCUT2D eigenvalue weighted by molar-refractivity contribution is 0.373. The third kappa shape index (κ3) is 67.4. The van der Waals surface area contributed by atoms with E-state index < -0.39 is 0 Å². The molecule has 0 radical (unpaired) electrons. The molecule has 24 heavy (non-hydrogen) atoms. The van der Waals surface area contributed by atoms with E-state index in [1.54, 1.807) is 0 Å². The highest BCUT2D eigenvalue weighted by Crippen LogP contribution is 2.19. The van der Waals surface area contributed by atoms with Crippen LogP contribution < -0.4 is 0 Å². The highest BCUT2D eigenvalue weighted by atomic mass is 14.1. The minimum absolute atomic E-state index is 0.542. The van der Waals surface area contributed by atoms with Crippen molar-refractivity contribution in [2.75, 3.05) is 0 Å². The summed E-state index contributed by atoms with van der Waals surface area (Å²) in [5.41, 5.74) is 1.63. The minimum Gasteiger partial charge on any atom is -0.0654 e. The van der Waals surface area contributed by atoms with E-state index in [9.17, 15) is 0 Å². The van der Waals surface area contributed by atoms with Gasteiger partial charge in [-0.15, -0.1) is 0 Å². The van der Waals surface area contributed by atoms with Crippen LogP contribution in [0.1, 0.15) is 136 Å². The molecule has 0 amide bonds. The fourth-order valence-electron chi connectivity index (χ4n) is 0.750. The Morgan fingerprint density at radius 2 is 0.750 bits per heavy atom. The Morgan fingerprint density at radius 1 is 0.542 bits per heavy atom. The topological polar surface area (TPSA) is 0 Å². The standard InChI is InChI=1S/C7H16.2C6H14.C5H12/c1-5-6-7(2,3)4;2*1-5-6(2,3)4;1-4-5(2)3/h5-6H2,1-4H3;2*5H2,1-4H3;5H,4H2,1-3H3. The van der Waals surface area contributed by atoms with Crippen LogP contribution in [0.4, 0.5) is 0 Å². The molecule has 0 unspecified atom stereocenters. The second-order valence-corrected chi connectivity index (χ2v) is 10.9. The maximum Gasteiger partial charge on any atom is -0.0383 e. The number of hydrogen-bond donors (Lipinski definition) is 0. The lowest BCUT2D eigenvalue weighted by Gasteiger charge is -2.15. The summed E-state index contributed by atoms with van der Waals surface area (Å²) in [6.07, 6.45) is 6.50. The molecule has 0 aromatic heterocycles. The van der Waals surface area contributed by atoms with E-state index in [1.165, 1.54) is 32.1 Å². The van der Waals surface area contributed by atoms with Crippen LogP contribution >= 0.6 is 0 Å². The second kappa shape index (κ2) is 16.5. The molecule has 0 aromatic carbocycles. The summed E-state index contributed by atoms with van der Waals surface area (Å²) >= 11 is 0. The molecule has 0 atom stereocenters. The van der Waals surface area contributed by atoms with Crippen LogP contribution in [0, 0.1) is 22.2 Å². The van der Waals surface area contributed by atoms with E-state index in [0.717, 1.165) is 5.92 Å². The van der Waals surface area contributed by atoms with Crippen LogP contribution in [-0.4, -0.2) is 0 Å². The van der Waals surface area contributed by atoms with E-state index in [-0.39, 0.29) is 0 Å². The van der Waals surface area contributed by atoms with Crippen LogP contribution in [-0.2, 0) is 0 Å². The van der Waals surface area contributed by atoms with E-state index in [1.807, 2.05) is 0 Å². The van der Waals surface area contributed by atoms with E-state index >= 15 is 0 Å². The van der Waals surface area contributed by atoms with Crippen molar-refractivity contribution in [3.05, 3.63) is 0 Å². The summed E-state index contributed by atoms with van der Waals surface area (Å²) in [5, 5.41) is 0. The molecule has 152 valence electrons. The van der Waals surface area contributed by atoms with E-state index in [2.05, 4.69) is 104 Å². The maximum absolute atomic E-state index is 2.27. The largest absolute Gasteiger partial charge is 0.0654 e. The first-order valence-electron chi connectivity index (χ1n) is 10.5. The van der Waals surface area contributed by atoms with Crippen molar-refractivity contribution in [2.24, 2.45) is 22.2 Å². The third-order valence-corrected chi connectivity index (χ3v) is 3.94. The summed E-state index contributed by atoms with van der Waals surface area (Å²) in [4.78, 5) is 0. The monoisotopic (exact) mass is 344 g/mol. The van der Waals surface area contributed by atoms with Gasteiger partial charge in [0.1, 0.15) is 0 Å². The molecule has 0 saturated carbocycles. The SMILES string of the molecule is CCC(C)(C)C.CCC(C)(C)C.CCC(C)C.CCCC(C)(C)C. The molecule has 0 heterocycles. The molecule has 0 nitrogen and oxygen atoms in total. The van der Waals surface area contributed by atoms with Crippen molar-refractivity contribution >= 4 is 0 Å². The molecule has 0 aromatic rings. The van der Waals surface area contributed by atoms with Crippen LogP contribution in [0.3, 0.4) is 0 Å². The first kappa shape index (κ1) is 31.7. The van der Waals surface area contributed by atoms with Crippen molar-refractivity contribution in [2.45, 2.75) is 136 Å². The molecule has 0 bridgehead atoms. The van der Waals surface area contributed by atoms with Crippen LogP contribution in [0.5, 0.6) is 0 Å². The number of hydrogen-bond acceptors (Lipinski definition) is 0. The van der Waals surface area contributed by atoms with Crippen molar-refractivity contribution in [3.8, 4) is 0 Å². The van der Waals surface area contributed by atoms with Gasteiger partial charge in [0, 0.05) is 0 Å². The Kier molecular flexibility index (Phi) is 21.8. The summed E-state index contributed by atoms with van der Waals surface area (Å²) in [5.74, 6) is 0.884. The smallest absolute Gasteiger partial charge is 0.0383 e. The van der Waals surface area contributed by atoms with Gasteiger partial charge in [0.2, 0.25) is 0 Å². The Bertz CT molecular complexity index is 200. The molecule has 0 spiro atoms. The maximum atomic E-state index is 2.27. The average Bonchev–Trinajstić information content (AvgIpc) is 2.37. The lowest BCUT2D eigenvalue weighted by Crippen LogP contribution is -2.02. The van der Waals surface area contributed by atoms with Crippen molar-refractivity contribution in [3.63, 3.8) is 0 Å². The predicted octanol–water partition coefficient (Wildman–Crippen LogP) is 9.77. The van der Waals surface area contributed by atoms with Crippen LogP contribution in [0.2, 0.25) is 0 Å². The normalized spacial score (nSPS) is 11.5. The van der Waals surface area contributed by atoms with Gasteiger partial charge in [0.15, 0.2) is 0 Å². The summed E-state index contributed by atoms with van der Waals surface area (Å²) < 4.78 is 0. The first-order valence-corrected chi connectivity index (χ1v) is 10.5. The van der Waals surface area contributed by atoms with Gasteiger partial charge in [-0.2, -0.15) is 0 Å². The zero-order valence-corrected chi connectivity index (χ0v) is 20.6. The number of rotatable bonds is 2. The van der Waals surface area contributed by atoms with Gasteiger partial charge in [-0.25, -0.2) is 0 Å². The van der Waals surface area contributed by atoms with Gasteiger partial charge < -0.3 is 0 Å². The first-order chi connectivity index (χ1) is 10.5. The predicted molar refractivity (Wildman–Crippen MR) is 119 cm³/mol. The molecular formula is C24H56. The molecule has 0 saturated heterocycles. The zero-order chi connectivity index (χ0) is 20.6. The van der Waals surface area contributed by atoms with Gasteiger partial charge in [-0.3, -0.25) is 0 Å². The molecule has 0 heteroatoms. The minimum atomic E-state index is 0.542. The fraction of sp³-hybridized carbons (Fsp3) is 1.00. The quantitative estimate of drug-likeness (QED) is 0.467. The Morgan fingerprint density at radius 3 is 0.750 bits per heavy atom. The van der Waals surface area contributed by atoms with Crippen LogP contribution in [0.25, 0.3) is 0 Å². The average molecular weight is 345 g/mol. The second-order valence-electron chi connectivity index (χ2n) is 10.9. The van der Waals surface area contributed by atoms with Crippen LogP contribution in [0.15, 0.2) is 0 Å². The fourth-order valence-corrected chi connectivity index (χ4v) is 0.750. The molecule has 0 fully saturated rings. The molecule has 0 N–H and O–H groups in total. The molecular weight excluding hydrogens is 288 g/mol. The van der Waals surface area contributed by atoms with Gasteiger partial charge >= 0.3 is 0 Å². The van der Waals surface area contributed by atoms with Gasteiger partial charge in [-0.05, 0) is 28.6 Å². The highest BCUT2D eigenvalue weighted by Gasteiger charge is 2.06. The molecule has 0 aliphatic heterocycles. The van der Waals surface area contributed by atoms with Gasteiger partial charge in [0.25, 0.3) is 0 Å². The highest BCUT2D eigenvalue weighted by molar-refractivity contribution is 4.58. The lowest BCUT2D eigenvalue weighted by atomic mass is 9.91. The van der Waals surface area contributed by atoms with Crippen molar-refractivity contribution in [1.29, 1.82) is 0 Å².